The van der Waals surface area contributed by atoms with Crippen molar-refractivity contribution in [2.75, 3.05) is 33.3 Å². The highest BCUT2D eigenvalue weighted by molar-refractivity contribution is 5.94. The highest BCUT2D eigenvalue weighted by Crippen LogP contribution is 2.10. The van der Waals surface area contributed by atoms with Crippen LogP contribution in [0.5, 0.6) is 5.75 Å². The number of ether oxygens (including phenoxy) is 1. The van der Waals surface area contributed by atoms with Crippen molar-refractivity contribution in [2.24, 2.45) is 0 Å². The average Bonchev–Trinajstić information content (AvgIpc) is 2.48. The van der Waals surface area contributed by atoms with E-state index in [1.54, 1.807) is 24.1 Å². The van der Waals surface area contributed by atoms with Crippen LogP contribution in [0.2, 0.25) is 0 Å². The molecule has 1 aliphatic heterocycles. The van der Waals surface area contributed by atoms with Crippen LogP contribution in [-0.2, 0) is 0 Å². The summed E-state index contributed by atoms with van der Waals surface area (Å²) in [5, 5.41) is 2.98. The zero-order valence-electron chi connectivity index (χ0n) is 11.6. The van der Waals surface area contributed by atoms with E-state index in [9.17, 15) is 4.79 Å². The number of methoxy groups -OCH3 is 1. The molecule has 4 nitrogen and oxygen atoms in total. The second-order valence-corrected chi connectivity index (χ2v) is 5.05. The molecule has 0 aliphatic carbocycles. The summed E-state index contributed by atoms with van der Waals surface area (Å²) in [6.45, 7) is 4.28. The van der Waals surface area contributed by atoms with Crippen LogP contribution in [0, 0.1) is 0 Å². The van der Waals surface area contributed by atoms with Gasteiger partial charge in [0.15, 0.2) is 0 Å². The van der Waals surface area contributed by atoms with Crippen molar-refractivity contribution in [3.8, 4) is 5.75 Å². The van der Waals surface area contributed by atoms with Crippen LogP contribution in [-0.4, -0.2) is 39.2 Å². The minimum Gasteiger partial charge on any atom is -0.497 e. The first kappa shape index (κ1) is 13.9. The van der Waals surface area contributed by atoms with Gasteiger partial charge in [-0.15, -0.1) is 0 Å². The maximum atomic E-state index is 11.9. The van der Waals surface area contributed by atoms with Crippen molar-refractivity contribution in [1.29, 1.82) is 0 Å². The van der Waals surface area contributed by atoms with E-state index in [-0.39, 0.29) is 5.91 Å². The second kappa shape index (κ2) is 7.14. The van der Waals surface area contributed by atoms with E-state index in [2.05, 4.69) is 5.32 Å². The van der Waals surface area contributed by atoms with Crippen molar-refractivity contribution < 1.29 is 14.4 Å². The minimum atomic E-state index is -0.000868. The van der Waals surface area contributed by atoms with Gasteiger partial charge in [-0.1, -0.05) is 0 Å². The van der Waals surface area contributed by atoms with Crippen molar-refractivity contribution >= 4 is 5.91 Å². The van der Waals surface area contributed by atoms with Gasteiger partial charge in [-0.25, -0.2) is 0 Å². The number of rotatable bonds is 5. The lowest BCUT2D eigenvalue weighted by Gasteiger charge is -2.23. The summed E-state index contributed by atoms with van der Waals surface area (Å²) in [5.41, 5.74) is 0.689. The summed E-state index contributed by atoms with van der Waals surface area (Å²) in [7, 11) is 1.62. The summed E-state index contributed by atoms with van der Waals surface area (Å²) >= 11 is 0. The zero-order chi connectivity index (χ0) is 13.5. The van der Waals surface area contributed by atoms with E-state index in [1.807, 2.05) is 12.1 Å². The van der Waals surface area contributed by atoms with Gasteiger partial charge in [-0.3, -0.25) is 4.79 Å². The Labute approximate surface area is 114 Å². The molecule has 1 saturated heterocycles. The Hall–Kier alpha value is -1.55. The third kappa shape index (κ3) is 4.24. The van der Waals surface area contributed by atoms with E-state index in [0.717, 1.165) is 18.8 Å². The molecule has 1 fully saturated rings. The van der Waals surface area contributed by atoms with Gasteiger partial charge in [0.2, 0.25) is 0 Å². The number of benzene rings is 1. The Morgan fingerprint density at radius 1 is 1.21 bits per heavy atom. The van der Waals surface area contributed by atoms with Crippen LogP contribution >= 0.6 is 0 Å². The zero-order valence-corrected chi connectivity index (χ0v) is 11.6. The number of hydrogen-bond donors (Lipinski definition) is 2. The summed E-state index contributed by atoms with van der Waals surface area (Å²) < 4.78 is 5.07. The molecule has 0 aromatic heterocycles. The van der Waals surface area contributed by atoms with Gasteiger partial charge in [0.25, 0.3) is 5.91 Å². The van der Waals surface area contributed by atoms with Crippen LogP contribution in [0.15, 0.2) is 24.3 Å². The first-order chi connectivity index (χ1) is 9.29. The molecular weight excluding hydrogens is 240 g/mol. The van der Waals surface area contributed by atoms with E-state index in [0.29, 0.717) is 5.56 Å². The Bertz CT molecular complexity index is 397. The second-order valence-electron chi connectivity index (χ2n) is 5.05. The first-order valence-corrected chi connectivity index (χ1v) is 7.05. The van der Waals surface area contributed by atoms with Crippen LogP contribution in [0.3, 0.4) is 0 Å². The summed E-state index contributed by atoms with van der Waals surface area (Å²) in [5.74, 6) is 0.772. The van der Waals surface area contributed by atoms with Gasteiger partial charge < -0.3 is 15.0 Å². The SMILES string of the molecule is COc1ccc(C(=O)NCC[NH+]2CCCCC2)cc1. The lowest BCUT2D eigenvalue weighted by atomic mass is 10.1. The van der Waals surface area contributed by atoms with Crippen LogP contribution in [0.4, 0.5) is 0 Å². The van der Waals surface area contributed by atoms with Crippen LogP contribution in [0.1, 0.15) is 29.6 Å². The lowest BCUT2D eigenvalue weighted by molar-refractivity contribution is -0.903. The molecule has 1 aliphatic rings. The molecule has 1 amide bonds. The Balaban J connectivity index is 1.73. The van der Waals surface area contributed by atoms with Gasteiger partial charge in [0, 0.05) is 5.56 Å². The summed E-state index contributed by atoms with van der Waals surface area (Å²) in [6.07, 6.45) is 4.01. The number of hydrogen-bond acceptors (Lipinski definition) is 2. The number of carbonyl (C=O) groups is 1. The Kier molecular flexibility index (Phi) is 5.21. The van der Waals surface area contributed by atoms with Crippen molar-refractivity contribution in [3.05, 3.63) is 29.8 Å². The molecule has 1 heterocycles. The fourth-order valence-electron chi connectivity index (χ4n) is 2.50. The number of likely N-dealkylation sites (tertiary alicyclic amines) is 1. The molecule has 104 valence electrons. The highest BCUT2D eigenvalue weighted by Gasteiger charge is 2.13. The standard InChI is InChI=1S/C15H22N2O2/c1-19-14-7-5-13(6-8-14)15(18)16-9-12-17-10-3-2-4-11-17/h5-8H,2-4,9-12H2,1H3,(H,16,18)/p+1. The maximum Gasteiger partial charge on any atom is 0.251 e. The smallest absolute Gasteiger partial charge is 0.251 e. The van der Waals surface area contributed by atoms with E-state index < -0.39 is 0 Å². The molecule has 0 unspecified atom stereocenters. The Morgan fingerprint density at radius 2 is 1.89 bits per heavy atom. The predicted octanol–water partition coefficient (Wildman–Crippen LogP) is 0.494. The van der Waals surface area contributed by atoms with Crippen molar-refractivity contribution in [2.45, 2.75) is 19.3 Å². The quantitative estimate of drug-likeness (QED) is 0.812. The van der Waals surface area contributed by atoms with E-state index >= 15 is 0 Å². The molecule has 4 heteroatoms. The largest absolute Gasteiger partial charge is 0.497 e. The predicted molar refractivity (Wildman–Crippen MR) is 74.7 cm³/mol. The van der Waals surface area contributed by atoms with Crippen LogP contribution in [0.25, 0.3) is 0 Å². The fraction of sp³-hybridized carbons (Fsp3) is 0.533. The number of carbonyl (C=O) groups excluding carboxylic acids is 1. The number of amides is 1. The van der Waals surface area contributed by atoms with E-state index in [4.69, 9.17) is 4.74 Å². The minimum absolute atomic E-state index is 0.000868. The third-order valence-electron chi connectivity index (χ3n) is 3.68. The topological polar surface area (TPSA) is 42.8 Å². The molecule has 1 aromatic carbocycles. The Morgan fingerprint density at radius 3 is 2.53 bits per heavy atom. The lowest BCUT2D eigenvalue weighted by Crippen LogP contribution is -3.13. The van der Waals surface area contributed by atoms with Crippen molar-refractivity contribution in [1.82, 2.24) is 5.32 Å². The number of piperidine rings is 1. The maximum absolute atomic E-state index is 11.9. The highest BCUT2D eigenvalue weighted by atomic mass is 16.5. The molecule has 19 heavy (non-hydrogen) atoms. The molecule has 1 aromatic rings. The molecule has 2 rings (SSSR count). The number of nitrogens with one attached hydrogen (secondary N) is 2. The monoisotopic (exact) mass is 263 g/mol. The normalized spacial score (nSPS) is 16.1. The van der Waals surface area contributed by atoms with Crippen molar-refractivity contribution in [3.63, 3.8) is 0 Å². The molecule has 0 spiro atoms. The molecular formula is C15H23N2O2+. The van der Waals surface area contributed by atoms with E-state index in [1.165, 1.54) is 32.4 Å². The van der Waals surface area contributed by atoms with Gasteiger partial charge >= 0.3 is 0 Å². The third-order valence-corrected chi connectivity index (χ3v) is 3.68. The molecule has 0 radical (unpaired) electrons. The summed E-state index contributed by atoms with van der Waals surface area (Å²) in [4.78, 5) is 13.5. The average molecular weight is 263 g/mol. The first-order valence-electron chi connectivity index (χ1n) is 7.05. The van der Waals surface area contributed by atoms with Gasteiger partial charge in [0.05, 0.1) is 33.3 Å². The molecule has 0 saturated carbocycles. The molecule has 0 atom stereocenters. The van der Waals surface area contributed by atoms with Gasteiger partial charge in [-0.05, 0) is 43.5 Å². The van der Waals surface area contributed by atoms with Gasteiger partial charge in [-0.2, -0.15) is 0 Å². The van der Waals surface area contributed by atoms with Crippen LogP contribution < -0.4 is 15.0 Å². The van der Waals surface area contributed by atoms with Gasteiger partial charge in [0.1, 0.15) is 5.75 Å². The fourth-order valence-corrected chi connectivity index (χ4v) is 2.50. The molecule has 2 N–H and O–H groups in total. The number of quaternary nitrogens is 1. The summed E-state index contributed by atoms with van der Waals surface area (Å²) in [6, 6.07) is 7.21. The molecule has 0 bridgehead atoms.